The highest BCUT2D eigenvalue weighted by molar-refractivity contribution is 5.87. The fourth-order valence-corrected chi connectivity index (χ4v) is 1.95. The Morgan fingerprint density at radius 3 is 2.84 bits per heavy atom. The molecule has 0 unspecified atom stereocenters. The summed E-state index contributed by atoms with van der Waals surface area (Å²) in [5, 5.41) is 13.0. The third kappa shape index (κ3) is 1.61. The van der Waals surface area contributed by atoms with Gasteiger partial charge in [-0.3, -0.25) is 0 Å². The van der Waals surface area contributed by atoms with Crippen LogP contribution in [0.2, 0.25) is 0 Å². The lowest BCUT2D eigenvalue weighted by atomic mass is 10.3. The Labute approximate surface area is 107 Å². The van der Waals surface area contributed by atoms with Gasteiger partial charge in [0.05, 0.1) is 5.69 Å². The second-order valence-electron chi connectivity index (χ2n) is 3.96. The van der Waals surface area contributed by atoms with Gasteiger partial charge in [-0.25, -0.2) is 14.3 Å². The van der Waals surface area contributed by atoms with Crippen LogP contribution in [0.3, 0.4) is 0 Å². The number of aromatic nitrogens is 5. The fraction of sp³-hybridized carbons (Fsp3) is 0.0909. The molecule has 19 heavy (non-hydrogen) atoms. The Bertz CT molecular complexity index is 788. The molecule has 0 radical (unpaired) electrons. The van der Waals surface area contributed by atoms with Crippen LogP contribution < -0.4 is 5.73 Å². The van der Waals surface area contributed by atoms with E-state index in [1.165, 1.54) is 10.6 Å². The molecule has 0 amide bonds. The zero-order chi connectivity index (χ0) is 13.6. The van der Waals surface area contributed by atoms with E-state index in [-0.39, 0.29) is 11.6 Å². The molecule has 0 saturated heterocycles. The van der Waals surface area contributed by atoms with Gasteiger partial charge in [0.25, 0.3) is 0 Å². The van der Waals surface area contributed by atoms with Crippen molar-refractivity contribution in [1.82, 2.24) is 24.1 Å². The minimum absolute atomic E-state index is 0.000665. The zero-order valence-electron chi connectivity index (χ0n) is 9.98. The van der Waals surface area contributed by atoms with Gasteiger partial charge in [-0.1, -0.05) is 0 Å². The first-order valence-corrected chi connectivity index (χ1v) is 5.47. The van der Waals surface area contributed by atoms with Crippen LogP contribution in [0.5, 0.6) is 0 Å². The van der Waals surface area contributed by atoms with Gasteiger partial charge in [-0.05, 0) is 19.1 Å². The van der Waals surface area contributed by atoms with E-state index in [1.807, 2.05) is 6.92 Å². The molecule has 0 aliphatic heterocycles. The molecule has 0 fully saturated rings. The van der Waals surface area contributed by atoms with Crippen molar-refractivity contribution in [2.24, 2.45) is 0 Å². The summed E-state index contributed by atoms with van der Waals surface area (Å²) >= 11 is 0. The summed E-state index contributed by atoms with van der Waals surface area (Å²) in [6.45, 7) is 1.83. The molecule has 0 aromatic carbocycles. The molecular weight excluding hydrogens is 248 g/mol. The summed E-state index contributed by atoms with van der Waals surface area (Å²) in [6.07, 6.45) is 3.41. The predicted octanol–water partition coefficient (Wildman–Crippen LogP) is 0.504. The van der Waals surface area contributed by atoms with Crippen LogP contribution >= 0.6 is 0 Å². The van der Waals surface area contributed by atoms with E-state index in [1.54, 1.807) is 23.0 Å². The van der Waals surface area contributed by atoms with Crippen molar-refractivity contribution in [2.45, 2.75) is 6.92 Å². The third-order valence-electron chi connectivity index (χ3n) is 2.78. The van der Waals surface area contributed by atoms with E-state index in [0.29, 0.717) is 11.3 Å². The van der Waals surface area contributed by atoms with Crippen molar-refractivity contribution < 1.29 is 9.90 Å². The number of fused-ring (bicyclic) bond motifs is 1. The Balaban J connectivity index is 2.37. The smallest absolute Gasteiger partial charge is 0.354 e. The second-order valence-corrected chi connectivity index (χ2v) is 3.96. The number of carboxylic acids is 1. The monoisotopic (exact) mass is 258 g/mol. The first-order valence-electron chi connectivity index (χ1n) is 5.47. The summed E-state index contributed by atoms with van der Waals surface area (Å²) in [5.74, 6) is -0.317. The standard InChI is InChI=1S/C11H10N6O2/c1-6-13-4-5-16(6)7-2-3-8(10(18)19)17-9(7)14-11(12)15-17/h2-5H,1H3,(H2,12,15)(H,18,19). The number of pyridine rings is 1. The van der Waals surface area contributed by atoms with Crippen LogP contribution in [-0.2, 0) is 0 Å². The third-order valence-corrected chi connectivity index (χ3v) is 2.78. The van der Waals surface area contributed by atoms with Crippen LogP contribution in [0.15, 0.2) is 24.5 Å². The minimum Gasteiger partial charge on any atom is -0.477 e. The highest BCUT2D eigenvalue weighted by atomic mass is 16.4. The number of hydrogen-bond donors (Lipinski definition) is 2. The molecule has 3 rings (SSSR count). The predicted molar refractivity (Wildman–Crippen MR) is 66.2 cm³/mol. The molecule has 3 aromatic heterocycles. The van der Waals surface area contributed by atoms with E-state index in [0.717, 1.165) is 5.82 Å². The van der Waals surface area contributed by atoms with Crippen molar-refractivity contribution in [3.63, 3.8) is 0 Å². The van der Waals surface area contributed by atoms with Crippen LogP contribution in [0, 0.1) is 6.92 Å². The van der Waals surface area contributed by atoms with Crippen LogP contribution in [-0.4, -0.2) is 35.2 Å². The highest BCUT2D eigenvalue weighted by Gasteiger charge is 2.16. The Morgan fingerprint density at radius 2 is 2.21 bits per heavy atom. The number of nitrogen functional groups attached to an aromatic ring is 1. The van der Waals surface area contributed by atoms with Gasteiger partial charge in [0, 0.05) is 12.4 Å². The van der Waals surface area contributed by atoms with Crippen molar-refractivity contribution in [2.75, 3.05) is 5.73 Å². The average molecular weight is 258 g/mol. The van der Waals surface area contributed by atoms with E-state index in [9.17, 15) is 4.79 Å². The molecule has 8 heteroatoms. The number of anilines is 1. The maximum atomic E-state index is 11.1. The van der Waals surface area contributed by atoms with Crippen molar-refractivity contribution >= 4 is 17.6 Å². The van der Waals surface area contributed by atoms with E-state index in [2.05, 4.69) is 15.1 Å². The molecular formula is C11H10N6O2. The van der Waals surface area contributed by atoms with Gasteiger partial charge in [0.1, 0.15) is 5.82 Å². The zero-order valence-corrected chi connectivity index (χ0v) is 9.98. The first kappa shape index (κ1) is 11.2. The molecule has 0 atom stereocenters. The Kier molecular flexibility index (Phi) is 2.24. The second kappa shape index (κ2) is 3.80. The summed E-state index contributed by atoms with van der Waals surface area (Å²) in [7, 11) is 0. The lowest BCUT2D eigenvalue weighted by Crippen LogP contribution is -2.09. The molecule has 0 spiro atoms. The lowest BCUT2D eigenvalue weighted by Gasteiger charge is -2.07. The molecule has 0 aliphatic rings. The van der Waals surface area contributed by atoms with E-state index < -0.39 is 5.97 Å². The number of nitrogens with two attached hydrogens (primary N) is 1. The van der Waals surface area contributed by atoms with Crippen LogP contribution in [0.1, 0.15) is 16.3 Å². The Morgan fingerprint density at radius 1 is 1.42 bits per heavy atom. The number of carbonyl (C=O) groups is 1. The van der Waals surface area contributed by atoms with Gasteiger partial charge in [-0.15, -0.1) is 5.10 Å². The minimum atomic E-state index is -1.09. The molecule has 0 bridgehead atoms. The van der Waals surface area contributed by atoms with Gasteiger partial charge in [0.2, 0.25) is 5.95 Å². The summed E-state index contributed by atoms with van der Waals surface area (Å²) in [5.41, 5.74) is 6.60. The van der Waals surface area contributed by atoms with Gasteiger partial charge < -0.3 is 15.4 Å². The normalized spacial score (nSPS) is 11.0. The van der Waals surface area contributed by atoms with Gasteiger partial charge >= 0.3 is 5.97 Å². The molecule has 3 aromatic rings. The topological polar surface area (TPSA) is 111 Å². The lowest BCUT2D eigenvalue weighted by molar-refractivity contribution is 0.0687. The Hall–Kier alpha value is -2.90. The number of imidazole rings is 1. The van der Waals surface area contributed by atoms with Crippen LogP contribution in [0.25, 0.3) is 11.3 Å². The average Bonchev–Trinajstić information content (AvgIpc) is 2.92. The number of aromatic carboxylic acids is 1. The highest BCUT2D eigenvalue weighted by Crippen LogP contribution is 2.18. The number of rotatable bonds is 2. The SMILES string of the molecule is Cc1nccn1-c1ccc(C(=O)O)n2nc(N)nc12. The number of aryl methyl sites for hydroxylation is 1. The molecule has 8 nitrogen and oxygen atoms in total. The first-order chi connectivity index (χ1) is 9.08. The summed E-state index contributed by atoms with van der Waals surface area (Å²) in [4.78, 5) is 19.3. The molecule has 96 valence electrons. The van der Waals surface area contributed by atoms with Crippen molar-refractivity contribution in [3.8, 4) is 5.69 Å². The maximum Gasteiger partial charge on any atom is 0.354 e. The number of nitrogens with zero attached hydrogens (tertiary/aromatic N) is 5. The van der Waals surface area contributed by atoms with Gasteiger partial charge in [-0.2, -0.15) is 4.98 Å². The summed E-state index contributed by atoms with van der Waals surface area (Å²) < 4.78 is 3.00. The molecule has 3 heterocycles. The van der Waals surface area contributed by atoms with E-state index >= 15 is 0 Å². The molecule has 0 saturated carbocycles. The van der Waals surface area contributed by atoms with Crippen LogP contribution in [0.4, 0.5) is 5.95 Å². The maximum absolute atomic E-state index is 11.1. The van der Waals surface area contributed by atoms with Crippen molar-refractivity contribution in [1.29, 1.82) is 0 Å². The molecule has 0 aliphatic carbocycles. The quantitative estimate of drug-likeness (QED) is 0.692. The summed E-state index contributed by atoms with van der Waals surface area (Å²) in [6, 6.07) is 3.11. The number of hydrogen-bond acceptors (Lipinski definition) is 5. The molecule has 3 N–H and O–H groups in total. The fourth-order valence-electron chi connectivity index (χ4n) is 1.95. The number of carboxylic acid groups (broad SMARTS) is 1. The van der Waals surface area contributed by atoms with E-state index in [4.69, 9.17) is 10.8 Å². The largest absolute Gasteiger partial charge is 0.477 e. The van der Waals surface area contributed by atoms with Gasteiger partial charge in [0.15, 0.2) is 11.3 Å². The van der Waals surface area contributed by atoms with Crippen molar-refractivity contribution in [3.05, 3.63) is 36.0 Å².